The number of halogens is 2. The average molecular weight is 424 g/mol. The molecule has 0 aliphatic heterocycles. The molecule has 0 unspecified atom stereocenters. The van der Waals surface area contributed by atoms with Crippen molar-refractivity contribution in [2.45, 2.75) is 4.90 Å². The molecule has 2 aromatic carbocycles. The first kappa shape index (κ1) is 15.4. The molecule has 1 N–H and O–H groups in total. The van der Waals surface area contributed by atoms with E-state index in [1.54, 1.807) is 43.5 Å². The molecule has 0 bridgehead atoms. The van der Waals surface area contributed by atoms with Crippen molar-refractivity contribution in [3.63, 3.8) is 0 Å². The van der Waals surface area contributed by atoms with E-state index in [1.165, 1.54) is 6.07 Å². The van der Waals surface area contributed by atoms with E-state index >= 15 is 0 Å². The number of rotatable bonds is 4. The van der Waals surface area contributed by atoms with Crippen molar-refractivity contribution >= 4 is 49.9 Å². The molecule has 2 aromatic rings. The van der Waals surface area contributed by atoms with Gasteiger partial charge in [-0.1, -0.05) is 11.6 Å². The number of hydrogen-bond donors (Lipinski definition) is 1. The first-order valence-electron chi connectivity index (χ1n) is 5.54. The Morgan fingerprint density at radius 1 is 1.15 bits per heavy atom. The highest BCUT2D eigenvalue weighted by Crippen LogP contribution is 2.25. The lowest BCUT2D eigenvalue weighted by molar-refractivity contribution is 0.415. The van der Waals surface area contributed by atoms with Crippen LogP contribution in [-0.2, 0) is 10.0 Å². The van der Waals surface area contributed by atoms with E-state index in [0.29, 0.717) is 20.0 Å². The van der Waals surface area contributed by atoms with E-state index in [1.807, 2.05) is 22.6 Å². The zero-order valence-corrected chi connectivity index (χ0v) is 14.2. The Balaban J connectivity index is 2.30. The molecule has 0 saturated carbocycles. The van der Waals surface area contributed by atoms with Gasteiger partial charge >= 0.3 is 0 Å². The summed E-state index contributed by atoms with van der Waals surface area (Å²) in [5.41, 5.74) is 0.469. The van der Waals surface area contributed by atoms with Crippen LogP contribution in [0.2, 0.25) is 5.02 Å². The number of nitrogens with one attached hydrogen (secondary N) is 1. The van der Waals surface area contributed by atoms with E-state index in [9.17, 15) is 8.42 Å². The lowest BCUT2D eigenvalue weighted by Gasteiger charge is -2.10. The normalized spacial score (nSPS) is 11.2. The molecule has 0 atom stereocenters. The van der Waals surface area contributed by atoms with Crippen LogP contribution in [0.1, 0.15) is 0 Å². The van der Waals surface area contributed by atoms with Crippen LogP contribution >= 0.6 is 34.2 Å². The first-order valence-corrected chi connectivity index (χ1v) is 8.48. The largest absolute Gasteiger partial charge is 0.497 e. The molecule has 0 radical (unpaired) electrons. The molecule has 0 aliphatic rings. The van der Waals surface area contributed by atoms with Gasteiger partial charge in [0.25, 0.3) is 10.0 Å². The zero-order chi connectivity index (χ0) is 14.8. The summed E-state index contributed by atoms with van der Waals surface area (Å²) in [4.78, 5) is 0.193. The van der Waals surface area contributed by atoms with Crippen LogP contribution < -0.4 is 9.46 Å². The van der Waals surface area contributed by atoms with Crippen molar-refractivity contribution in [2.24, 2.45) is 0 Å². The van der Waals surface area contributed by atoms with Crippen molar-refractivity contribution in [3.8, 4) is 5.75 Å². The fraction of sp³-hybridized carbons (Fsp3) is 0.0769. The van der Waals surface area contributed by atoms with Gasteiger partial charge in [-0.15, -0.1) is 0 Å². The maximum Gasteiger partial charge on any atom is 0.262 e. The van der Waals surface area contributed by atoms with Gasteiger partial charge in [-0.3, -0.25) is 4.72 Å². The van der Waals surface area contributed by atoms with Gasteiger partial charge in [0, 0.05) is 14.3 Å². The van der Waals surface area contributed by atoms with Crippen molar-refractivity contribution in [1.82, 2.24) is 0 Å². The molecule has 106 valence electrons. The Morgan fingerprint density at radius 3 is 2.35 bits per heavy atom. The highest BCUT2D eigenvalue weighted by atomic mass is 127. The second-order valence-electron chi connectivity index (χ2n) is 3.91. The maximum absolute atomic E-state index is 12.3. The molecular formula is C13H11ClINO3S. The minimum atomic E-state index is -3.64. The molecular weight excluding hydrogens is 413 g/mol. The van der Waals surface area contributed by atoms with Gasteiger partial charge in [-0.05, 0) is 65.1 Å². The maximum atomic E-state index is 12.3. The van der Waals surface area contributed by atoms with Crippen molar-refractivity contribution in [3.05, 3.63) is 51.1 Å². The number of benzene rings is 2. The zero-order valence-electron chi connectivity index (χ0n) is 10.4. The van der Waals surface area contributed by atoms with Gasteiger partial charge in [0.1, 0.15) is 10.6 Å². The standard InChI is InChI=1S/C13H11ClINO3S/c1-19-11-5-3-10(4-6-11)16-20(17,18)13-7-2-9(14)8-12(13)15/h2-8,16H,1H3. The SMILES string of the molecule is COc1ccc(NS(=O)(=O)c2ccc(Cl)cc2I)cc1. The summed E-state index contributed by atoms with van der Waals surface area (Å²) < 4.78 is 32.7. The summed E-state index contributed by atoms with van der Waals surface area (Å²) in [6.45, 7) is 0. The number of anilines is 1. The summed E-state index contributed by atoms with van der Waals surface area (Å²) in [6.07, 6.45) is 0. The molecule has 0 aromatic heterocycles. The highest BCUT2D eigenvalue weighted by Gasteiger charge is 2.17. The Bertz CT molecular complexity index is 717. The van der Waals surface area contributed by atoms with E-state index < -0.39 is 10.0 Å². The quantitative estimate of drug-likeness (QED) is 0.762. The minimum absolute atomic E-state index is 0.193. The van der Waals surface area contributed by atoms with Crippen molar-refractivity contribution < 1.29 is 13.2 Å². The van der Waals surface area contributed by atoms with Crippen LogP contribution in [0.4, 0.5) is 5.69 Å². The summed E-state index contributed by atoms with van der Waals surface area (Å²) in [7, 11) is -2.09. The Morgan fingerprint density at radius 2 is 1.80 bits per heavy atom. The van der Waals surface area contributed by atoms with Crippen LogP contribution in [0.5, 0.6) is 5.75 Å². The first-order chi connectivity index (χ1) is 9.42. The third-order valence-electron chi connectivity index (χ3n) is 2.53. The van der Waals surface area contributed by atoms with Crippen LogP contribution in [0.15, 0.2) is 47.4 Å². The fourth-order valence-corrected chi connectivity index (χ4v) is 4.42. The molecule has 0 amide bonds. The molecule has 0 saturated heterocycles. The Labute approximate surface area is 136 Å². The number of ether oxygens (including phenoxy) is 1. The van der Waals surface area contributed by atoms with E-state index in [-0.39, 0.29) is 4.90 Å². The van der Waals surface area contributed by atoms with Crippen molar-refractivity contribution in [2.75, 3.05) is 11.8 Å². The van der Waals surface area contributed by atoms with Gasteiger partial charge in [0.05, 0.1) is 7.11 Å². The third-order valence-corrected chi connectivity index (χ3v) is 5.46. The summed E-state index contributed by atoms with van der Waals surface area (Å²) in [6, 6.07) is 11.3. The summed E-state index contributed by atoms with van der Waals surface area (Å²) >= 11 is 7.77. The Kier molecular flexibility index (Phi) is 4.77. The summed E-state index contributed by atoms with van der Waals surface area (Å²) in [5, 5.41) is 0.498. The van der Waals surface area contributed by atoms with Gasteiger partial charge in [-0.2, -0.15) is 0 Å². The van der Waals surface area contributed by atoms with Gasteiger partial charge < -0.3 is 4.74 Å². The smallest absolute Gasteiger partial charge is 0.262 e. The average Bonchev–Trinajstić information content (AvgIpc) is 2.38. The van der Waals surface area contributed by atoms with Crippen LogP contribution in [-0.4, -0.2) is 15.5 Å². The predicted molar refractivity (Wildman–Crippen MR) is 88.0 cm³/mol. The van der Waals surface area contributed by atoms with E-state index in [4.69, 9.17) is 16.3 Å². The lowest BCUT2D eigenvalue weighted by atomic mass is 10.3. The van der Waals surface area contributed by atoms with E-state index in [0.717, 1.165) is 0 Å². The highest BCUT2D eigenvalue weighted by molar-refractivity contribution is 14.1. The lowest BCUT2D eigenvalue weighted by Crippen LogP contribution is -2.14. The van der Waals surface area contributed by atoms with Crippen molar-refractivity contribution in [1.29, 1.82) is 0 Å². The fourth-order valence-electron chi connectivity index (χ4n) is 1.56. The van der Waals surface area contributed by atoms with Gasteiger partial charge in [0.2, 0.25) is 0 Å². The molecule has 4 nitrogen and oxygen atoms in total. The topological polar surface area (TPSA) is 55.4 Å². The van der Waals surface area contributed by atoms with E-state index in [2.05, 4.69) is 4.72 Å². The van der Waals surface area contributed by atoms with Gasteiger partial charge in [0.15, 0.2) is 0 Å². The van der Waals surface area contributed by atoms with Gasteiger partial charge in [-0.25, -0.2) is 8.42 Å². The van der Waals surface area contributed by atoms with Crippen LogP contribution in [0.3, 0.4) is 0 Å². The molecule has 20 heavy (non-hydrogen) atoms. The molecule has 0 fully saturated rings. The van der Waals surface area contributed by atoms with Crippen LogP contribution in [0, 0.1) is 3.57 Å². The number of methoxy groups -OCH3 is 1. The summed E-state index contributed by atoms with van der Waals surface area (Å²) in [5.74, 6) is 0.661. The molecule has 2 rings (SSSR count). The number of sulfonamides is 1. The second kappa shape index (κ2) is 6.19. The molecule has 0 heterocycles. The number of hydrogen-bond acceptors (Lipinski definition) is 3. The molecule has 7 heteroatoms. The second-order valence-corrected chi connectivity index (χ2v) is 7.16. The predicted octanol–water partition coefficient (Wildman–Crippen LogP) is 3.75. The Hall–Kier alpha value is -0.990. The monoisotopic (exact) mass is 423 g/mol. The molecule has 0 aliphatic carbocycles. The molecule has 0 spiro atoms. The van der Waals surface area contributed by atoms with Crippen LogP contribution in [0.25, 0.3) is 0 Å². The minimum Gasteiger partial charge on any atom is -0.497 e. The third kappa shape index (κ3) is 3.56.